The molecule has 136 valence electrons. The minimum atomic E-state index is 0.389. The second-order valence-electron chi connectivity index (χ2n) is 6.91. The summed E-state index contributed by atoms with van der Waals surface area (Å²) >= 11 is 0. The van der Waals surface area contributed by atoms with Gasteiger partial charge in [-0.05, 0) is 42.7 Å². The van der Waals surface area contributed by atoms with Crippen molar-refractivity contribution >= 4 is 22.7 Å². The van der Waals surface area contributed by atoms with Gasteiger partial charge in [0.05, 0.1) is 22.9 Å². The van der Waals surface area contributed by atoms with E-state index in [1.54, 1.807) is 10.9 Å². The van der Waals surface area contributed by atoms with Gasteiger partial charge in [0.2, 0.25) is 0 Å². The van der Waals surface area contributed by atoms with Crippen LogP contribution < -0.4 is 5.32 Å². The lowest BCUT2D eigenvalue weighted by Gasteiger charge is -2.09. The molecule has 4 aromatic rings. The molecule has 0 amide bonds. The number of aryl methyl sites for hydroxylation is 2. The lowest BCUT2D eigenvalue weighted by Crippen LogP contribution is -2.00. The lowest BCUT2D eigenvalue weighted by atomic mass is 10.1. The van der Waals surface area contributed by atoms with Gasteiger partial charge >= 0.3 is 0 Å². The first-order valence-electron chi connectivity index (χ1n) is 8.86. The monoisotopic (exact) mass is 359 g/mol. The van der Waals surface area contributed by atoms with Gasteiger partial charge in [-0.1, -0.05) is 13.8 Å². The number of fused-ring (bicyclic) bond motifs is 1. The van der Waals surface area contributed by atoms with E-state index in [2.05, 4.69) is 39.4 Å². The molecule has 0 bridgehead atoms. The van der Waals surface area contributed by atoms with Crippen LogP contribution >= 0.6 is 0 Å². The molecule has 0 atom stereocenters. The maximum atomic E-state index is 4.70. The van der Waals surface area contributed by atoms with E-state index in [0.717, 1.165) is 33.4 Å². The Balaban J connectivity index is 1.69. The summed E-state index contributed by atoms with van der Waals surface area (Å²) in [5.41, 5.74) is 5.81. The van der Waals surface area contributed by atoms with Crippen LogP contribution in [0.4, 0.5) is 11.6 Å². The van der Waals surface area contributed by atoms with Gasteiger partial charge in [0.25, 0.3) is 0 Å². The molecule has 4 aromatic heterocycles. The molecule has 0 aliphatic rings. The van der Waals surface area contributed by atoms with Gasteiger partial charge in [0, 0.05) is 30.6 Å². The average Bonchev–Trinajstić information content (AvgIpc) is 2.99. The zero-order valence-corrected chi connectivity index (χ0v) is 15.8. The second kappa shape index (κ2) is 6.75. The number of hydrogen-bond acceptors (Lipinski definition) is 6. The third-order valence-electron chi connectivity index (χ3n) is 4.46. The summed E-state index contributed by atoms with van der Waals surface area (Å²) in [6.45, 7) is 6.25. The molecule has 7 heteroatoms. The number of nitrogens with one attached hydrogen (secondary N) is 1. The van der Waals surface area contributed by atoms with Crippen molar-refractivity contribution in [1.29, 1.82) is 0 Å². The summed E-state index contributed by atoms with van der Waals surface area (Å²) < 4.78 is 1.81. The largest absolute Gasteiger partial charge is 0.323 e. The molecule has 0 fully saturated rings. The van der Waals surface area contributed by atoms with Gasteiger partial charge in [-0.15, -0.1) is 5.10 Å². The SMILES string of the molecule is Cc1nn(C)cc1-c1cnc2ccc(Nc3cc(C(C)C)cnn3)nc2c1. The lowest BCUT2D eigenvalue weighted by molar-refractivity contribution is 0.756. The molecule has 1 N–H and O–H groups in total. The zero-order chi connectivity index (χ0) is 19.0. The molecule has 4 rings (SSSR count). The molecule has 0 aliphatic heterocycles. The van der Waals surface area contributed by atoms with Crippen LogP contribution in [-0.4, -0.2) is 29.9 Å². The van der Waals surface area contributed by atoms with Gasteiger partial charge < -0.3 is 5.32 Å². The Kier molecular flexibility index (Phi) is 4.27. The van der Waals surface area contributed by atoms with Crippen LogP contribution in [0.25, 0.3) is 22.2 Å². The predicted octanol–water partition coefficient (Wildman–Crippen LogP) is 4.00. The Morgan fingerprint density at radius 2 is 1.89 bits per heavy atom. The van der Waals surface area contributed by atoms with Gasteiger partial charge in [-0.3, -0.25) is 9.67 Å². The van der Waals surface area contributed by atoms with Crippen molar-refractivity contribution in [3.63, 3.8) is 0 Å². The summed E-state index contributed by atoms with van der Waals surface area (Å²) in [4.78, 5) is 9.24. The maximum Gasteiger partial charge on any atom is 0.154 e. The van der Waals surface area contributed by atoms with E-state index < -0.39 is 0 Å². The zero-order valence-electron chi connectivity index (χ0n) is 15.8. The average molecular weight is 359 g/mol. The van der Waals surface area contributed by atoms with Crippen molar-refractivity contribution in [3.05, 3.63) is 54.1 Å². The van der Waals surface area contributed by atoms with Gasteiger partial charge in [0.1, 0.15) is 5.82 Å². The van der Waals surface area contributed by atoms with Crippen LogP contribution in [-0.2, 0) is 7.05 Å². The molecular formula is C20H21N7. The molecule has 0 saturated heterocycles. The summed E-state index contributed by atoms with van der Waals surface area (Å²) in [5, 5.41) is 15.9. The quantitative estimate of drug-likeness (QED) is 0.593. The topological polar surface area (TPSA) is 81.4 Å². The van der Waals surface area contributed by atoms with Gasteiger partial charge in [-0.2, -0.15) is 10.2 Å². The number of aromatic nitrogens is 6. The van der Waals surface area contributed by atoms with E-state index in [-0.39, 0.29) is 0 Å². The first-order valence-corrected chi connectivity index (χ1v) is 8.86. The molecular weight excluding hydrogens is 338 g/mol. The third-order valence-corrected chi connectivity index (χ3v) is 4.46. The summed E-state index contributed by atoms with van der Waals surface area (Å²) in [6, 6.07) is 7.88. The highest BCUT2D eigenvalue weighted by Gasteiger charge is 2.09. The number of rotatable bonds is 4. The van der Waals surface area contributed by atoms with E-state index >= 15 is 0 Å². The number of anilines is 2. The summed E-state index contributed by atoms with van der Waals surface area (Å²) in [5.74, 6) is 1.78. The molecule has 0 saturated carbocycles. The smallest absolute Gasteiger partial charge is 0.154 e. The van der Waals surface area contributed by atoms with Crippen molar-refractivity contribution in [2.45, 2.75) is 26.7 Å². The highest BCUT2D eigenvalue weighted by Crippen LogP contribution is 2.25. The molecule has 27 heavy (non-hydrogen) atoms. The second-order valence-corrected chi connectivity index (χ2v) is 6.91. The number of nitrogens with zero attached hydrogens (tertiary/aromatic N) is 6. The van der Waals surface area contributed by atoms with Crippen LogP contribution in [0.15, 0.2) is 42.9 Å². The maximum absolute atomic E-state index is 4.70. The van der Waals surface area contributed by atoms with Crippen LogP contribution in [0.2, 0.25) is 0 Å². The molecule has 0 spiro atoms. The Bertz CT molecular complexity index is 1110. The minimum Gasteiger partial charge on any atom is -0.323 e. The van der Waals surface area contributed by atoms with Crippen LogP contribution in [0, 0.1) is 6.92 Å². The van der Waals surface area contributed by atoms with Crippen molar-refractivity contribution in [3.8, 4) is 11.1 Å². The molecule has 0 unspecified atom stereocenters. The van der Waals surface area contributed by atoms with Gasteiger partial charge in [-0.25, -0.2) is 4.98 Å². The fourth-order valence-corrected chi connectivity index (χ4v) is 3.00. The Hall–Kier alpha value is -3.35. The van der Waals surface area contributed by atoms with E-state index in [1.807, 2.05) is 50.6 Å². The Morgan fingerprint density at radius 1 is 1.04 bits per heavy atom. The molecule has 0 aromatic carbocycles. The fourth-order valence-electron chi connectivity index (χ4n) is 3.00. The molecule has 0 aliphatic carbocycles. The third kappa shape index (κ3) is 3.48. The standard InChI is InChI=1S/C20H21N7/c1-12(2)14-8-20(25-22-10-14)24-19-6-5-17-18(23-19)7-15(9-21-17)16-11-27(4)26-13(16)3/h5-12H,1-4H3,(H,23,24,25). The Labute approximate surface area is 157 Å². The highest BCUT2D eigenvalue weighted by atomic mass is 15.2. The molecule has 0 radical (unpaired) electrons. The fraction of sp³-hybridized carbons (Fsp3) is 0.250. The van der Waals surface area contributed by atoms with E-state index in [0.29, 0.717) is 17.6 Å². The first kappa shape index (κ1) is 17.1. The van der Waals surface area contributed by atoms with Gasteiger partial charge in [0.15, 0.2) is 5.82 Å². The highest BCUT2D eigenvalue weighted by molar-refractivity contribution is 5.82. The van der Waals surface area contributed by atoms with Crippen LogP contribution in [0.3, 0.4) is 0 Å². The predicted molar refractivity (Wildman–Crippen MR) is 106 cm³/mol. The first-order chi connectivity index (χ1) is 13.0. The number of pyridine rings is 2. The van der Waals surface area contributed by atoms with E-state index in [4.69, 9.17) is 4.98 Å². The van der Waals surface area contributed by atoms with E-state index in [9.17, 15) is 0 Å². The Morgan fingerprint density at radius 3 is 2.63 bits per heavy atom. The van der Waals surface area contributed by atoms with Crippen molar-refractivity contribution in [2.75, 3.05) is 5.32 Å². The van der Waals surface area contributed by atoms with Crippen LogP contribution in [0.1, 0.15) is 31.0 Å². The number of hydrogen-bond donors (Lipinski definition) is 1. The normalized spacial score (nSPS) is 11.3. The minimum absolute atomic E-state index is 0.389. The molecule has 4 heterocycles. The van der Waals surface area contributed by atoms with Crippen molar-refractivity contribution in [1.82, 2.24) is 29.9 Å². The van der Waals surface area contributed by atoms with E-state index in [1.165, 1.54) is 0 Å². The van der Waals surface area contributed by atoms with Crippen molar-refractivity contribution in [2.24, 2.45) is 7.05 Å². The summed E-state index contributed by atoms with van der Waals surface area (Å²) in [7, 11) is 1.91. The molecule has 7 nitrogen and oxygen atoms in total. The van der Waals surface area contributed by atoms with Crippen molar-refractivity contribution < 1.29 is 0 Å². The summed E-state index contributed by atoms with van der Waals surface area (Å²) in [6.07, 6.45) is 5.64. The van der Waals surface area contributed by atoms with Crippen LogP contribution in [0.5, 0.6) is 0 Å².